The van der Waals surface area contributed by atoms with Gasteiger partial charge >= 0.3 is 27.0 Å². The number of hydrogen-bond donors (Lipinski definition) is 1. The van der Waals surface area contributed by atoms with Gasteiger partial charge in [-0.1, -0.05) is 184 Å². The van der Waals surface area contributed by atoms with Gasteiger partial charge in [0.25, 0.3) is 0 Å². The number of ketones is 2. The number of fused-ring (bicyclic) bond motifs is 5. The Morgan fingerprint density at radius 1 is 0.426 bits per heavy atom. The summed E-state index contributed by atoms with van der Waals surface area (Å²) in [6.45, 7) is 28.2. The average molecular weight is 1440 g/mol. The maximum atomic E-state index is 11.9. The summed E-state index contributed by atoms with van der Waals surface area (Å²) in [6, 6.07) is 45.3. The Morgan fingerprint density at radius 2 is 0.745 bits per heavy atom. The molecule has 20 nitrogen and oxygen atoms in total. The molecular weight excluding hydrogens is 1360 g/mol. The number of Topliss-reactive ketones (excluding diaryl/α,β-unsaturated/α-hetero) is 2. The third-order valence-corrected chi connectivity index (χ3v) is 14.6. The molecule has 5 aromatic carbocycles. The van der Waals surface area contributed by atoms with Gasteiger partial charge in [0.2, 0.25) is 11.6 Å². The van der Waals surface area contributed by atoms with Crippen molar-refractivity contribution in [2.24, 2.45) is 0 Å². The van der Waals surface area contributed by atoms with Gasteiger partial charge < -0.3 is 25.1 Å². The van der Waals surface area contributed by atoms with Gasteiger partial charge in [-0.15, -0.1) is 0 Å². The van der Waals surface area contributed by atoms with Gasteiger partial charge in [0.05, 0.1) is 69.6 Å². The van der Waals surface area contributed by atoms with Crippen LogP contribution in [0.1, 0.15) is 179 Å². The van der Waals surface area contributed by atoms with Crippen LogP contribution in [0.25, 0.3) is 89.1 Å². The van der Waals surface area contributed by atoms with Crippen molar-refractivity contribution in [2.75, 3.05) is 7.11 Å². The van der Waals surface area contributed by atoms with E-state index < -0.39 is 5.97 Å². The Labute approximate surface area is 560 Å². The molecule has 13 aromatic rings. The number of nitrogens with zero attached hydrogens (tertiary/aromatic N) is 15. The van der Waals surface area contributed by atoms with Gasteiger partial charge in [-0.2, -0.15) is 5.10 Å². The normalized spacial score (nSPS) is 11.1. The first-order chi connectivity index (χ1) is 44.6. The van der Waals surface area contributed by atoms with Crippen molar-refractivity contribution < 1.29 is 40.2 Å². The third-order valence-electron chi connectivity index (χ3n) is 14.6. The number of aromatic nitrogens is 16. The molecule has 0 spiro atoms. The molecule has 0 radical (unpaired) electrons. The first kappa shape index (κ1) is 69.8. The van der Waals surface area contributed by atoms with Crippen LogP contribution in [0.3, 0.4) is 0 Å². The molecule has 8 heterocycles. The summed E-state index contributed by atoms with van der Waals surface area (Å²) in [5, 5.41) is 28.7. The molecule has 0 aliphatic heterocycles. The molecule has 0 bridgehead atoms. The van der Waals surface area contributed by atoms with Gasteiger partial charge in [0.1, 0.15) is 23.1 Å². The Balaban J connectivity index is 0.000000150. The van der Waals surface area contributed by atoms with Crippen molar-refractivity contribution >= 4 is 72.1 Å². The number of benzene rings is 5. The van der Waals surface area contributed by atoms with Crippen molar-refractivity contribution in [3.05, 3.63) is 197 Å². The van der Waals surface area contributed by atoms with Crippen molar-refractivity contribution in [1.29, 1.82) is 0 Å². The predicted octanol–water partition coefficient (Wildman–Crippen LogP) is 15.1. The number of esters is 1. The summed E-state index contributed by atoms with van der Waals surface area (Å²) >= 11 is 0. The largest absolute Gasteiger partial charge is 2.00 e. The van der Waals surface area contributed by atoms with E-state index in [4.69, 9.17) is 4.98 Å². The number of para-hydroxylation sites is 5. The molecule has 0 aliphatic rings. The molecule has 0 fully saturated rings. The third kappa shape index (κ3) is 16.9. The zero-order valence-corrected chi connectivity index (χ0v) is 57.8. The fourth-order valence-electron chi connectivity index (χ4n) is 10.2. The van der Waals surface area contributed by atoms with E-state index in [9.17, 15) is 14.4 Å². The molecule has 482 valence electrons. The Kier molecular flexibility index (Phi) is 23.4. The molecule has 21 heteroatoms. The van der Waals surface area contributed by atoms with Gasteiger partial charge in [-0.3, -0.25) is 14.7 Å². The Morgan fingerprint density at radius 3 is 1.06 bits per heavy atom. The number of rotatable bonds is 12. The number of aryl methyl sites for hydroxylation is 3. The van der Waals surface area contributed by atoms with Crippen molar-refractivity contribution in [2.45, 2.75) is 133 Å². The SMILES string of the molecule is CC(=O)CC(=O)c1nc(C(C)C)c2ccccc2n1.COC(=O)c1nc(C(C)C)c2ccccc2n1.Cc1cc(-c2nc(C(C)C)c3ccccc3n2)[n-]n1.Cc1cc(-c2nc(C(C)C)c3ccccc3n2)[n-]n1.Cc1cc(-c2nc(C(C)C)c3ccccc3n2)n[nH]1.[Pt+2]. The molecule has 0 unspecified atom stereocenters. The fraction of sp³-hybridized carbons (Fsp3) is 0.288. The number of hydrogen-bond acceptors (Lipinski definition) is 17. The summed E-state index contributed by atoms with van der Waals surface area (Å²) in [7, 11) is 1.33. The van der Waals surface area contributed by atoms with Crippen molar-refractivity contribution in [3.8, 4) is 34.6 Å². The van der Waals surface area contributed by atoms with E-state index in [1.165, 1.54) is 14.0 Å². The first-order valence-corrected chi connectivity index (χ1v) is 31.0. The second-order valence-corrected chi connectivity index (χ2v) is 24.0. The topological polar surface area (TPSA) is 272 Å². The molecular formula is C73H76N16O4Pt. The molecule has 0 amide bonds. The molecule has 0 aliphatic carbocycles. The van der Waals surface area contributed by atoms with Gasteiger partial charge in [-0.25, -0.2) is 54.6 Å². The van der Waals surface area contributed by atoms with Crippen LogP contribution in [0.15, 0.2) is 140 Å². The first-order valence-electron chi connectivity index (χ1n) is 31.0. The number of H-pyrrole nitrogens is 1. The summed E-state index contributed by atoms with van der Waals surface area (Å²) < 4.78 is 4.66. The number of carbonyl (C=O) groups is 3. The molecule has 1 N–H and O–H groups in total. The number of carbonyl (C=O) groups excluding carboxylic acids is 3. The minimum atomic E-state index is -0.502. The number of ether oxygens (including phenoxy) is 1. The maximum absolute atomic E-state index is 11.9. The van der Waals surface area contributed by atoms with Crippen LogP contribution in [0.5, 0.6) is 0 Å². The number of aromatic amines is 1. The second kappa shape index (κ2) is 31.5. The molecule has 13 rings (SSSR count). The molecule has 0 atom stereocenters. The van der Waals surface area contributed by atoms with E-state index in [1.807, 2.05) is 170 Å². The van der Waals surface area contributed by atoms with E-state index in [1.54, 1.807) is 0 Å². The van der Waals surface area contributed by atoms with Gasteiger partial charge in [0, 0.05) is 44.0 Å². The van der Waals surface area contributed by atoms with Crippen LogP contribution in [0.2, 0.25) is 0 Å². The quantitative estimate of drug-likeness (QED) is 0.0676. The minimum Gasteiger partial charge on any atom is -0.572 e. The van der Waals surface area contributed by atoms with Crippen LogP contribution in [-0.2, 0) is 30.6 Å². The van der Waals surface area contributed by atoms with Crippen LogP contribution >= 0.6 is 0 Å². The second-order valence-electron chi connectivity index (χ2n) is 24.0. The van der Waals surface area contributed by atoms with E-state index in [0.29, 0.717) is 35.2 Å². The Hall–Kier alpha value is -10.1. The average Bonchev–Trinajstić information content (AvgIpc) is 1.11. The Bertz CT molecular complexity index is 4500. The maximum Gasteiger partial charge on any atom is 2.00 e. The van der Waals surface area contributed by atoms with Crippen molar-refractivity contribution in [1.82, 2.24) is 80.4 Å². The summed E-state index contributed by atoms with van der Waals surface area (Å²) in [6.07, 6.45) is -0.143. The summed E-state index contributed by atoms with van der Waals surface area (Å²) in [5.74, 6) is 2.72. The van der Waals surface area contributed by atoms with Crippen LogP contribution in [-0.4, -0.2) is 94.9 Å². The fourth-order valence-corrected chi connectivity index (χ4v) is 10.2. The predicted molar refractivity (Wildman–Crippen MR) is 364 cm³/mol. The van der Waals surface area contributed by atoms with Gasteiger partial charge in [-0.05, 0) is 93.7 Å². The number of methoxy groups -OCH3 is 1. The monoisotopic (exact) mass is 1440 g/mol. The van der Waals surface area contributed by atoms with Crippen LogP contribution in [0, 0.1) is 20.8 Å². The van der Waals surface area contributed by atoms with E-state index in [-0.39, 0.29) is 62.5 Å². The van der Waals surface area contributed by atoms with E-state index in [0.717, 1.165) is 117 Å². The molecule has 0 saturated heterocycles. The molecule has 0 saturated carbocycles. The standard InChI is InChI=1S/C15H16N4.2C15H15N4.C15H16N2O2.C13H14N2O2.Pt/c3*1-9(2)14-11-6-4-5-7-12(11)16-15(17-14)13-8-10(3)18-19-13;1-9(2)14-11-6-4-5-7-12(11)16-15(17-14)13(19)8-10(3)18;1-8(2)11-9-6-4-5-7-10(9)14-12(15-11)13(16)17-3;/h4-9H,1-3H3,(H,18,19);2*4-9H,1-3H3;4-7,9H,8H2,1-3H3;4-8H,1-3H3;/q;2*-1;;;+2. The van der Waals surface area contributed by atoms with Gasteiger partial charge in [0.15, 0.2) is 11.6 Å². The smallest absolute Gasteiger partial charge is 0.572 e. The summed E-state index contributed by atoms with van der Waals surface area (Å²) in [5.41, 5.74) is 14.4. The molecule has 8 aromatic heterocycles. The zero-order valence-electron chi connectivity index (χ0n) is 55.5. The van der Waals surface area contributed by atoms with Crippen molar-refractivity contribution in [3.63, 3.8) is 0 Å². The zero-order chi connectivity index (χ0) is 66.6. The molecule has 94 heavy (non-hydrogen) atoms. The minimum absolute atomic E-state index is 0. The van der Waals surface area contributed by atoms with E-state index in [2.05, 4.69) is 140 Å². The van der Waals surface area contributed by atoms with E-state index >= 15 is 0 Å². The summed E-state index contributed by atoms with van der Waals surface area (Å²) in [4.78, 5) is 79.3. The number of nitrogens with one attached hydrogen (secondary N) is 1. The van der Waals surface area contributed by atoms with Crippen LogP contribution < -0.4 is 10.2 Å². The van der Waals surface area contributed by atoms with Crippen LogP contribution in [0.4, 0.5) is 0 Å².